The van der Waals surface area contributed by atoms with E-state index in [1.54, 1.807) is 24.0 Å². The largest absolute Gasteiger partial charge is 0.501 e. The summed E-state index contributed by atoms with van der Waals surface area (Å²) in [7, 11) is -9.05. The molecule has 13 nitrogen and oxygen atoms in total. The summed E-state index contributed by atoms with van der Waals surface area (Å²) >= 11 is 7.60. The van der Waals surface area contributed by atoms with E-state index in [1.807, 2.05) is 78.3 Å². The summed E-state index contributed by atoms with van der Waals surface area (Å²) in [4.78, 5) is 17.5. The molecular weight excluding hydrogens is 1020 g/mol. The molecule has 0 radical (unpaired) electrons. The Bertz CT molecular complexity index is 3150. The third kappa shape index (κ3) is 11.7. The maximum Gasteiger partial charge on any atom is 0.501 e. The molecule has 382 valence electrons. The van der Waals surface area contributed by atoms with Crippen LogP contribution < -0.4 is 19.8 Å². The maximum absolute atomic E-state index is 15.9. The molecule has 3 heterocycles. The normalized spacial score (nSPS) is 15.7. The van der Waals surface area contributed by atoms with Crippen LogP contribution in [0.2, 0.25) is 5.02 Å². The van der Waals surface area contributed by atoms with E-state index in [1.165, 1.54) is 23.9 Å². The van der Waals surface area contributed by atoms with Crippen molar-refractivity contribution in [3.05, 3.63) is 137 Å². The van der Waals surface area contributed by atoms with E-state index in [9.17, 15) is 45.0 Å². The number of anilines is 4. The van der Waals surface area contributed by atoms with Crippen molar-refractivity contribution in [2.24, 2.45) is 7.05 Å². The number of carbonyl (C=O) groups is 1. The van der Waals surface area contributed by atoms with Crippen molar-refractivity contribution in [1.82, 2.24) is 9.47 Å². The number of aliphatic hydroxyl groups is 1. The smallest absolute Gasteiger partial charge is 0.478 e. The zero-order chi connectivity index (χ0) is 51.5. The van der Waals surface area contributed by atoms with Gasteiger partial charge in [0.15, 0.2) is 0 Å². The van der Waals surface area contributed by atoms with Crippen LogP contribution in [0.5, 0.6) is 0 Å². The van der Waals surface area contributed by atoms with Gasteiger partial charge < -0.3 is 34.8 Å². The van der Waals surface area contributed by atoms with Gasteiger partial charge in [-0.15, -0.1) is 11.8 Å². The summed E-state index contributed by atoms with van der Waals surface area (Å²) in [6.45, 7) is 5.13. The average molecular weight is 1070 g/mol. The summed E-state index contributed by atoms with van der Waals surface area (Å²) in [5.74, 6) is -1.51. The number of nitrogens with one attached hydrogen (secondary N) is 2. The first-order valence-electron chi connectivity index (χ1n) is 23.1. The van der Waals surface area contributed by atoms with Crippen LogP contribution in [0.4, 0.5) is 40.3 Å². The molecule has 0 aliphatic carbocycles. The molecule has 21 heteroatoms. The number of piperazine rings is 1. The molecule has 2 aliphatic rings. The quantitative estimate of drug-likeness (QED) is 0.0506. The number of nitrogens with zero attached hydrogens (tertiary/aromatic N) is 4. The third-order valence-electron chi connectivity index (χ3n) is 13.1. The lowest BCUT2D eigenvalue weighted by molar-refractivity contribution is -0.0436. The lowest BCUT2D eigenvalue weighted by Crippen LogP contribution is -2.46. The highest BCUT2D eigenvalue weighted by Crippen LogP contribution is 2.41. The number of halogens is 5. The van der Waals surface area contributed by atoms with Crippen LogP contribution in [-0.4, -0.2) is 112 Å². The van der Waals surface area contributed by atoms with Crippen LogP contribution in [0.15, 0.2) is 130 Å². The van der Waals surface area contributed by atoms with Gasteiger partial charge in [-0.3, -0.25) is 4.72 Å². The molecule has 0 unspecified atom stereocenters. The van der Waals surface area contributed by atoms with Gasteiger partial charge in [0.2, 0.25) is 0 Å². The number of sulfonamides is 1. The lowest BCUT2D eigenvalue weighted by Gasteiger charge is -2.37. The number of alkyl halides is 3. The van der Waals surface area contributed by atoms with Gasteiger partial charge in [0.05, 0.1) is 39.3 Å². The molecule has 0 amide bonds. The second-order valence-corrected chi connectivity index (χ2v) is 22.9. The fourth-order valence-corrected chi connectivity index (χ4v) is 12.4. The monoisotopic (exact) mass is 1070 g/mol. The molecule has 0 saturated carbocycles. The Kier molecular flexibility index (Phi) is 15.9. The van der Waals surface area contributed by atoms with E-state index in [0.717, 1.165) is 40.0 Å². The van der Waals surface area contributed by atoms with Gasteiger partial charge in [-0.1, -0.05) is 54.1 Å². The van der Waals surface area contributed by atoms with Crippen molar-refractivity contribution in [3.63, 3.8) is 0 Å². The molecule has 8 rings (SSSR count). The Hall–Kier alpha value is -5.77. The maximum atomic E-state index is 15.9. The second kappa shape index (κ2) is 21.8. The summed E-state index contributed by atoms with van der Waals surface area (Å²) in [5.41, 5.74) is -1.92. The van der Waals surface area contributed by atoms with Crippen molar-refractivity contribution in [2.75, 3.05) is 71.4 Å². The number of thioether (sulfide) groups is 1. The van der Waals surface area contributed by atoms with E-state index in [0.29, 0.717) is 98.7 Å². The van der Waals surface area contributed by atoms with E-state index in [2.05, 4.69) is 19.8 Å². The number of carboxylic acid groups (broad SMARTS) is 1. The number of benzene rings is 5. The Balaban J connectivity index is 0.977. The number of carboxylic acids is 1. The Morgan fingerprint density at radius 3 is 2.17 bits per heavy atom. The van der Waals surface area contributed by atoms with Crippen LogP contribution in [0.1, 0.15) is 35.3 Å². The van der Waals surface area contributed by atoms with E-state index >= 15 is 4.39 Å². The van der Waals surface area contributed by atoms with E-state index in [-0.39, 0.29) is 16.9 Å². The summed E-state index contributed by atoms with van der Waals surface area (Å²) in [6.07, 6.45) is 1.14. The van der Waals surface area contributed by atoms with Crippen molar-refractivity contribution < 1.29 is 49.4 Å². The van der Waals surface area contributed by atoms with Gasteiger partial charge in [0.25, 0.3) is 19.9 Å². The average Bonchev–Trinajstić information content (AvgIpc) is 3.62. The number of aromatic carboxylic acids is 1. The number of aliphatic hydroxyl groups excluding tert-OH is 1. The van der Waals surface area contributed by atoms with Crippen molar-refractivity contribution >= 4 is 71.9 Å². The zero-order valence-corrected chi connectivity index (χ0v) is 42.4. The minimum atomic E-state index is -6.09. The number of rotatable bonds is 17. The molecule has 72 heavy (non-hydrogen) atoms. The minimum Gasteiger partial charge on any atom is -0.478 e. The standard InChI is InChI=1S/C51H53ClF4N6O7S3/c1-33-47(50(64)65)48(49(59(33)2)34-11-13-36(52)14-12-34)35-7-6-8-39(29-35)61-25-27-62(28-26-61)45-18-15-37(30-43(45)53)58-72(68,69)42-16-17-44(46(31-42)71(66,67)51(54,55)56)57-38(32-70-41-9-4-3-5-10-41)19-22-60-23-20-40(63)21-24-60/h3-18,29-31,38,40,57-58,63H,19-28,32H2,1-2H3,(H,64,65)/t38-/m1/s1. The molecule has 1 atom stereocenters. The number of likely N-dealkylation sites (tertiary alicyclic amines) is 1. The van der Waals surface area contributed by atoms with Crippen LogP contribution in [0, 0.1) is 12.7 Å². The van der Waals surface area contributed by atoms with Gasteiger partial charge in [0, 0.05) is 97.6 Å². The van der Waals surface area contributed by atoms with E-state index in [4.69, 9.17) is 11.6 Å². The third-order valence-corrected chi connectivity index (χ3v) is 17.4. The first kappa shape index (κ1) is 52.5. The SMILES string of the molecule is Cc1c(C(=O)O)c(-c2cccc(N3CCN(c4ccc(NS(=O)(=O)c5ccc(N[C@H](CCN6CCC(O)CC6)CSc6ccccc6)c(S(=O)(=O)C(F)(F)F)c5)cc4F)CC3)c2)c(-c2ccc(Cl)cc2)n1C. The zero-order valence-electron chi connectivity index (χ0n) is 39.2. The first-order chi connectivity index (χ1) is 34.2. The second-order valence-electron chi connectivity index (χ2n) is 17.8. The highest BCUT2D eigenvalue weighted by atomic mass is 35.5. The topological polar surface area (TPSA) is 165 Å². The Labute approximate surface area is 425 Å². The Morgan fingerprint density at radius 2 is 1.51 bits per heavy atom. The van der Waals surface area contributed by atoms with E-state index < -0.39 is 64.8 Å². The highest BCUT2D eigenvalue weighted by Gasteiger charge is 2.48. The number of hydrogen-bond donors (Lipinski definition) is 4. The summed E-state index contributed by atoms with van der Waals surface area (Å²) < 4.78 is 117. The highest BCUT2D eigenvalue weighted by molar-refractivity contribution is 7.99. The molecule has 1 aromatic heterocycles. The molecule has 2 fully saturated rings. The van der Waals surface area contributed by atoms with Crippen LogP contribution in [0.3, 0.4) is 0 Å². The number of hydrogen-bond acceptors (Lipinski definition) is 11. The molecule has 6 aromatic rings. The van der Waals surface area contributed by atoms with Gasteiger partial charge >= 0.3 is 11.5 Å². The fourth-order valence-electron chi connectivity index (χ4n) is 9.14. The predicted octanol–water partition coefficient (Wildman–Crippen LogP) is 10.00. The minimum absolute atomic E-state index is 0.177. The molecule has 0 bridgehead atoms. The first-order valence-corrected chi connectivity index (χ1v) is 27.4. The molecule has 2 saturated heterocycles. The van der Waals surface area contributed by atoms with Crippen LogP contribution in [0.25, 0.3) is 22.4 Å². The molecule has 4 N–H and O–H groups in total. The van der Waals surface area contributed by atoms with Gasteiger partial charge in [-0.05, 0) is 104 Å². The van der Waals surface area contributed by atoms with Gasteiger partial charge in [0.1, 0.15) is 10.7 Å². The van der Waals surface area contributed by atoms with Crippen LogP contribution in [-0.2, 0) is 26.9 Å². The Morgan fingerprint density at radius 1 is 0.833 bits per heavy atom. The van der Waals surface area contributed by atoms with Crippen LogP contribution >= 0.6 is 23.4 Å². The fraction of sp³-hybridized carbons (Fsp3) is 0.314. The molecule has 5 aromatic carbocycles. The van der Waals surface area contributed by atoms with Crippen molar-refractivity contribution in [1.29, 1.82) is 0 Å². The predicted molar refractivity (Wildman–Crippen MR) is 275 cm³/mol. The number of sulfone groups is 1. The molecular formula is C51H53ClF4N6O7S3. The molecule has 0 spiro atoms. The van der Waals surface area contributed by atoms with Gasteiger partial charge in [-0.25, -0.2) is 26.0 Å². The van der Waals surface area contributed by atoms with Gasteiger partial charge in [-0.2, -0.15) is 13.2 Å². The van der Waals surface area contributed by atoms with Crippen molar-refractivity contribution in [2.45, 2.75) is 58.5 Å². The summed E-state index contributed by atoms with van der Waals surface area (Å²) in [6, 6.07) is 29.5. The lowest BCUT2D eigenvalue weighted by atomic mass is 9.96. The van der Waals surface area contributed by atoms with Crippen molar-refractivity contribution in [3.8, 4) is 22.4 Å². The summed E-state index contributed by atoms with van der Waals surface area (Å²) in [5, 5.41) is 23.8. The number of aromatic nitrogens is 1. The number of piperidine rings is 1. The molecule has 2 aliphatic heterocycles.